The number of amides is 1. The molecule has 3 N–H and O–H groups in total. The molecule has 0 unspecified atom stereocenters. The first-order valence-corrected chi connectivity index (χ1v) is 3.38. The Bertz CT molecular complexity index is 214. The molecule has 0 heterocycles. The normalized spacial score (nSPS) is 41.6. The molecule has 11 heavy (non-hydrogen) atoms. The highest BCUT2D eigenvalue weighted by Crippen LogP contribution is 2.63. The number of carboxylic acid groups (broad SMARTS) is 1. The van der Waals surface area contributed by atoms with Gasteiger partial charge in [-0.05, 0) is 20.3 Å². The molecule has 1 aliphatic carbocycles. The lowest BCUT2D eigenvalue weighted by Crippen LogP contribution is -2.30. The third-order valence-corrected chi connectivity index (χ3v) is 2.82. The molecule has 0 aromatic carbocycles. The summed E-state index contributed by atoms with van der Waals surface area (Å²) in [6, 6.07) is 0. The largest absolute Gasteiger partial charge is 0.481 e. The lowest BCUT2D eigenvalue weighted by molar-refractivity contribution is -0.146. The van der Waals surface area contributed by atoms with Gasteiger partial charge < -0.3 is 10.8 Å². The Labute approximate surface area is 64.4 Å². The van der Waals surface area contributed by atoms with Crippen molar-refractivity contribution < 1.29 is 14.7 Å². The first kappa shape index (κ1) is 8.04. The second kappa shape index (κ2) is 1.75. The van der Waals surface area contributed by atoms with E-state index in [0.29, 0.717) is 6.42 Å². The summed E-state index contributed by atoms with van der Waals surface area (Å²) in [7, 11) is 0. The molecule has 0 saturated heterocycles. The molecule has 1 fully saturated rings. The number of rotatable bonds is 2. The van der Waals surface area contributed by atoms with Gasteiger partial charge in [0.15, 0.2) is 0 Å². The quantitative estimate of drug-likeness (QED) is 0.590. The fraction of sp³-hybridized carbons (Fsp3) is 0.714. The van der Waals surface area contributed by atoms with Crippen LogP contribution in [0.1, 0.15) is 20.3 Å². The highest BCUT2D eigenvalue weighted by Gasteiger charge is 2.70. The van der Waals surface area contributed by atoms with E-state index in [1.54, 1.807) is 13.8 Å². The first-order chi connectivity index (χ1) is 4.84. The maximum absolute atomic E-state index is 10.8. The van der Waals surface area contributed by atoms with Crippen molar-refractivity contribution in [3.63, 3.8) is 0 Å². The predicted octanol–water partition coefficient (Wildman–Crippen LogP) is -0.0274. The highest BCUT2D eigenvalue weighted by atomic mass is 16.4. The van der Waals surface area contributed by atoms with Gasteiger partial charge in [-0.25, -0.2) is 0 Å². The average Bonchev–Trinajstić information content (AvgIpc) is 2.39. The molecule has 62 valence electrons. The van der Waals surface area contributed by atoms with Crippen molar-refractivity contribution >= 4 is 11.9 Å². The van der Waals surface area contributed by atoms with Crippen LogP contribution in [0.4, 0.5) is 0 Å². The number of nitrogens with two attached hydrogens (primary N) is 1. The molecule has 0 aromatic rings. The molecule has 1 saturated carbocycles. The van der Waals surface area contributed by atoms with Crippen molar-refractivity contribution in [2.45, 2.75) is 20.3 Å². The maximum atomic E-state index is 10.8. The van der Waals surface area contributed by atoms with Crippen LogP contribution in [0.15, 0.2) is 0 Å². The summed E-state index contributed by atoms with van der Waals surface area (Å²) >= 11 is 0. The zero-order valence-electron chi connectivity index (χ0n) is 6.55. The molecule has 1 amide bonds. The third kappa shape index (κ3) is 0.751. The number of carboxylic acids is 1. The molecular formula is C7H11NO3. The number of hydrogen-bond donors (Lipinski definition) is 2. The lowest BCUT2D eigenvalue weighted by atomic mass is 9.96. The maximum Gasteiger partial charge on any atom is 0.310 e. The van der Waals surface area contributed by atoms with Crippen LogP contribution in [0.5, 0.6) is 0 Å². The molecule has 1 aliphatic rings. The molecule has 0 aliphatic heterocycles. The molecule has 0 spiro atoms. The summed E-state index contributed by atoms with van der Waals surface area (Å²) in [5.74, 6) is -1.47. The molecule has 1 rings (SSSR count). The zero-order valence-corrected chi connectivity index (χ0v) is 6.55. The summed E-state index contributed by atoms with van der Waals surface area (Å²) in [6.07, 6.45) is 0.352. The summed E-state index contributed by atoms with van der Waals surface area (Å²) in [5, 5.41) is 8.69. The average molecular weight is 157 g/mol. The van der Waals surface area contributed by atoms with E-state index in [2.05, 4.69) is 0 Å². The minimum Gasteiger partial charge on any atom is -0.481 e. The van der Waals surface area contributed by atoms with Gasteiger partial charge >= 0.3 is 5.97 Å². The Morgan fingerprint density at radius 1 is 1.36 bits per heavy atom. The third-order valence-electron chi connectivity index (χ3n) is 2.82. The van der Waals surface area contributed by atoms with Crippen LogP contribution in [0.25, 0.3) is 0 Å². The van der Waals surface area contributed by atoms with E-state index in [1.165, 1.54) is 0 Å². The van der Waals surface area contributed by atoms with Crippen LogP contribution in [0.3, 0.4) is 0 Å². The van der Waals surface area contributed by atoms with Gasteiger partial charge in [-0.1, -0.05) is 0 Å². The summed E-state index contributed by atoms with van der Waals surface area (Å²) in [4.78, 5) is 21.4. The number of primary amides is 1. The number of hydrogen-bond acceptors (Lipinski definition) is 2. The Balaban J connectivity index is 2.87. The molecular weight excluding hydrogens is 146 g/mol. The monoisotopic (exact) mass is 157 g/mol. The van der Waals surface area contributed by atoms with Gasteiger partial charge in [0.1, 0.15) is 0 Å². The van der Waals surface area contributed by atoms with Crippen LogP contribution in [0.2, 0.25) is 0 Å². The predicted molar refractivity (Wildman–Crippen MR) is 37.7 cm³/mol. The molecule has 4 nitrogen and oxygen atoms in total. The van der Waals surface area contributed by atoms with Crippen molar-refractivity contribution in [1.29, 1.82) is 0 Å². The van der Waals surface area contributed by atoms with Crippen molar-refractivity contribution in [3.8, 4) is 0 Å². The Morgan fingerprint density at radius 3 is 1.91 bits per heavy atom. The number of carbonyl (C=O) groups is 2. The van der Waals surface area contributed by atoms with Crippen molar-refractivity contribution in [2.75, 3.05) is 0 Å². The van der Waals surface area contributed by atoms with Crippen LogP contribution in [-0.2, 0) is 9.59 Å². The van der Waals surface area contributed by atoms with Crippen molar-refractivity contribution in [3.05, 3.63) is 0 Å². The molecule has 0 radical (unpaired) electrons. The minimum absolute atomic E-state index is 0.352. The molecule has 0 aromatic heterocycles. The topological polar surface area (TPSA) is 80.4 Å². The van der Waals surface area contributed by atoms with Crippen LogP contribution >= 0.6 is 0 Å². The smallest absolute Gasteiger partial charge is 0.310 e. The van der Waals surface area contributed by atoms with Crippen molar-refractivity contribution in [1.82, 2.24) is 0 Å². The van der Waals surface area contributed by atoms with E-state index in [0.717, 1.165) is 0 Å². The first-order valence-electron chi connectivity index (χ1n) is 3.38. The highest BCUT2D eigenvalue weighted by molar-refractivity contribution is 5.94. The minimum atomic E-state index is -0.946. The van der Waals surface area contributed by atoms with Gasteiger partial charge in [-0.3, -0.25) is 9.59 Å². The van der Waals surface area contributed by atoms with E-state index < -0.39 is 22.7 Å². The van der Waals surface area contributed by atoms with E-state index in [9.17, 15) is 9.59 Å². The van der Waals surface area contributed by atoms with Crippen LogP contribution in [0, 0.1) is 10.8 Å². The number of carbonyl (C=O) groups excluding carboxylic acids is 1. The van der Waals surface area contributed by atoms with Gasteiger partial charge in [-0.15, -0.1) is 0 Å². The van der Waals surface area contributed by atoms with Gasteiger partial charge in [0.25, 0.3) is 0 Å². The molecule has 2 atom stereocenters. The Kier molecular flexibility index (Phi) is 1.28. The second-order valence-electron chi connectivity index (χ2n) is 3.51. The van der Waals surface area contributed by atoms with Gasteiger partial charge in [0.2, 0.25) is 5.91 Å². The molecule has 4 heteroatoms. The lowest BCUT2D eigenvalue weighted by Gasteiger charge is -2.09. The van der Waals surface area contributed by atoms with Gasteiger partial charge in [-0.2, -0.15) is 0 Å². The molecule has 0 bridgehead atoms. The summed E-state index contributed by atoms with van der Waals surface area (Å²) in [6.45, 7) is 3.13. The Hall–Kier alpha value is -1.06. The summed E-state index contributed by atoms with van der Waals surface area (Å²) in [5.41, 5.74) is 3.28. The van der Waals surface area contributed by atoms with Gasteiger partial charge in [0, 0.05) is 0 Å². The second-order valence-corrected chi connectivity index (χ2v) is 3.51. The SMILES string of the molecule is C[C@]1(C(N)=O)C[C@]1(C)C(=O)O. The van der Waals surface area contributed by atoms with Gasteiger partial charge in [0.05, 0.1) is 10.8 Å². The fourth-order valence-corrected chi connectivity index (χ4v) is 1.33. The van der Waals surface area contributed by atoms with Crippen LogP contribution < -0.4 is 5.73 Å². The van der Waals surface area contributed by atoms with E-state index >= 15 is 0 Å². The zero-order chi connectivity index (χ0) is 8.86. The summed E-state index contributed by atoms with van der Waals surface area (Å²) < 4.78 is 0. The van der Waals surface area contributed by atoms with E-state index in [1.807, 2.05) is 0 Å². The van der Waals surface area contributed by atoms with Crippen molar-refractivity contribution in [2.24, 2.45) is 16.6 Å². The van der Waals surface area contributed by atoms with E-state index in [-0.39, 0.29) is 0 Å². The van der Waals surface area contributed by atoms with E-state index in [4.69, 9.17) is 10.8 Å². The fourth-order valence-electron chi connectivity index (χ4n) is 1.33. The standard InChI is InChI=1S/C7H11NO3/c1-6(4(8)9)3-7(6,2)5(10)11/h3H2,1-2H3,(H2,8,9)(H,10,11)/t6-,7-/m1/s1. The van der Waals surface area contributed by atoms with Crippen LogP contribution in [-0.4, -0.2) is 17.0 Å². The Morgan fingerprint density at radius 2 is 1.82 bits per heavy atom. The number of aliphatic carboxylic acids is 1.